The summed E-state index contributed by atoms with van der Waals surface area (Å²) in [4.78, 5) is 0. The monoisotopic (exact) mass is 384 g/mol. The number of ether oxygens (including phenoxy) is 2. The molecule has 0 spiro atoms. The Morgan fingerprint density at radius 1 is 1.07 bits per heavy atom. The number of rotatable bonds is 3. The van der Waals surface area contributed by atoms with E-state index >= 15 is 0 Å². The summed E-state index contributed by atoms with van der Waals surface area (Å²) in [6.07, 6.45) is 3.18. The Morgan fingerprint density at radius 3 is 2.55 bits per heavy atom. The minimum absolute atomic E-state index is 0.593. The van der Waals surface area contributed by atoms with Crippen LogP contribution >= 0.6 is 0 Å². The van der Waals surface area contributed by atoms with Crippen LogP contribution in [0.4, 0.5) is 0 Å². The number of pyridine rings is 1. The third kappa shape index (κ3) is 2.61. The average Bonchev–Trinajstić information content (AvgIpc) is 2.70. The second-order valence-corrected chi connectivity index (χ2v) is 8.44. The molecule has 3 heteroatoms. The first-order valence-corrected chi connectivity index (χ1v) is 10.2. The number of fused-ring (bicyclic) bond motifs is 3. The Bertz CT molecular complexity index is 1290. The van der Waals surface area contributed by atoms with Crippen LogP contribution in [0, 0.1) is 12.8 Å². The highest BCUT2D eigenvalue weighted by atomic mass is 16.5. The van der Waals surface area contributed by atoms with Gasteiger partial charge in [-0.1, -0.05) is 44.2 Å². The predicted molar refractivity (Wildman–Crippen MR) is 118 cm³/mol. The fourth-order valence-electron chi connectivity index (χ4n) is 4.74. The number of nitrogens with zero attached hydrogens (tertiary/aromatic N) is 1. The molecular formula is C26H26NO2+. The van der Waals surface area contributed by atoms with E-state index in [0.29, 0.717) is 5.92 Å². The molecule has 1 aliphatic rings. The SMILES string of the molecule is COc1c2c(c(C)c3ccccc13)-c1c3c(cc(CC(C)C)cc3cc[n+]1C)O2. The van der Waals surface area contributed by atoms with Crippen molar-refractivity contribution >= 4 is 21.5 Å². The van der Waals surface area contributed by atoms with Crippen LogP contribution in [-0.2, 0) is 13.5 Å². The Hall–Kier alpha value is -3.07. The molecule has 0 saturated carbocycles. The minimum atomic E-state index is 0.593. The zero-order valence-electron chi connectivity index (χ0n) is 17.7. The van der Waals surface area contributed by atoms with Gasteiger partial charge in [0.1, 0.15) is 12.8 Å². The van der Waals surface area contributed by atoms with Gasteiger partial charge in [0.25, 0.3) is 0 Å². The van der Waals surface area contributed by atoms with Crippen LogP contribution in [0.5, 0.6) is 17.2 Å². The zero-order valence-corrected chi connectivity index (χ0v) is 17.7. The lowest BCUT2D eigenvalue weighted by Gasteiger charge is -2.24. The van der Waals surface area contributed by atoms with Crippen molar-refractivity contribution in [1.82, 2.24) is 0 Å². The maximum atomic E-state index is 6.60. The molecule has 5 rings (SSSR count). The van der Waals surface area contributed by atoms with Crippen molar-refractivity contribution in [3.8, 4) is 28.5 Å². The lowest BCUT2D eigenvalue weighted by atomic mass is 9.90. The van der Waals surface area contributed by atoms with Crippen LogP contribution in [0.3, 0.4) is 0 Å². The van der Waals surface area contributed by atoms with Gasteiger partial charge in [-0.05, 0) is 47.2 Å². The lowest BCUT2D eigenvalue weighted by molar-refractivity contribution is -0.659. The van der Waals surface area contributed by atoms with Gasteiger partial charge in [0.2, 0.25) is 5.69 Å². The molecule has 0 unspecified atom stereocenters. The molecule has 0 radical (unpaired) electrons. The molecular weight excluding hydrogens is 358 g/mol. The van der Waals surface area contributed by atoms with E-state index < -0.39 is 0 Å². The molecule has 3 aromatic carbocycles. The summed E-state index contributed by atoms with van der Waals surface area (Å²) in [6.45, 7) is 6.68. The van der Waals surface area contributed by atoms with Gasteiger partial charge >= 0.3 is 0 Å². The second-order valence-electron chi connectivity index (χ2n) is 8.44. The molecule has 2 heterocycles. The fourth-order valence-corrected chi connectivity index (χ4v) is 4.74. The largest absolute Gasteiger partial charge is 0.492 e. The average molecular weight is 384 g/mol. The molecule has 0 saturated heterocycles. The van der Waals surface area contributed by atoms with Crippen molar-refractivity contribution in [2.75, 3.05) is 7.11 Å². The van der Waals surface area contributed by atoms with Crippen molar-refractivity contribution < 1.29 is 14.0 Å². The van der Waals surface area contributed by atoms with Gasteiger partial charge in [-0.2, -0.15) is 0 Å². The molecule has 0 bridgehead atoms. The first-order chi connectivity index (χ1) is 14.0. The highest BCUT2D eigenvalue weighted by Crippen LogP contribution is 2.53. The summed E-state index contributed by atoms with van der Waals surface area (Å²) in [6, 6.07) is 15.1. The molecule has 4 aromatic rings. The summed E-state index contributed by atoms with van der Waals surface area (Å²) in [7, 11) is 3.84. The number of benzene rings is 3. The van der Waals surface area contributed by atoms with E-state index in [4.69, 9.17) is 9.47 Å². The number of hydrogen-bond donors (Lipinski definition) is 0. The molecule has 0 fully saturated rings. The molecule has 3 nitrogen and oxygen atoms in total. The number of aromatic nitrogens is 1. The molecule has 0 amide bonds. The zero-order chi connectivity index (χ0) is 20.3. The van der Waals surface area contributed by atoms with Crippen LogP contribution in [0.25, 0.3) is 32.8 Å². The van der Waals surface area contributed by atoms with E-state index in [1.165, 1.54) is 33.0 Å². The number of methoxy groups -OCH3 is 1. The standard InChI is InChI=1S/C26H26NO2/c1-15(2)12-17-13-18-10-11-27(4)24-22-16(3)19-8-6-7-9-20(19)25(28-5)26(22)29-21(14-17)23(18)24/h6-11,13-15H,12H2,1-5H3/q+1. The molecule has 1 aliphatic heterocycles. The van der Waals surface area contributed by atoms with E-state index in [0.717, 1.165) is 34.6 Å². The predicted octanol–water partition coefficient (Wildman–Crippen LogP) is 6.11. The Labute approximate surface area is 171 Å². The van der Waals surface area contributed by atoms with Crippen molar-refractivity contribution in [2.24, 2.45) is 13.0 Å². The topological polar surface area (TPSA) is 22.3 Å². The molecule has 146 valence electrons. The van der Waals surface area contributed by atoms with Crippen LogP contribution in [0.2, 0.25) is 0 Å². The van der Waals surface area contributed by atoms with Crippen molar-refractivity contribution in [3.63, 3.8) is 0 Å². The van der Waals surface area contributed by atoms with Gasteiger partial charge in [0, 0.05) is 11.5 Å². The highest BCUT2D eigenvalue weighted by Gasteiger charge is 2.33. The van der Waals surface area contributed by atoms with Gasteiger partial charge < -0.3 is 9.47 Å². The molecule has 29 heavy (non-hydrogen) atoms. The van der Waals surface area contributed by atoms with E-state index in [1.54, 1.807) is 7.11 Å². The number of aryl methyl sites for hydroxylation is 2. The number of hydrogen-bond acceptors (Lipinski definition) is 2. The maximum absolute atomic E-state index is 6.60. The van der Waals surface area contributed by atoms with E-state index in [2.05, 4.69) is 81.0 Å². The van der Waals surface area contributed by atoms with Crippen molar-refractivity contribution in [1.29, 1.82) is 0 Å². The lowest BCUT2D eigenvalue weighted by Crippen LogP contribution is -2.32. The summed E-state index contributed by atoms with van der Waals surface area (Å²) in [5.41, 5.74) is 4.84. The first-order valence-electron chi connectivity index (χ1n) is 10.2. The molecule has 0 aliphatic carbocycles. The van der Waals surface area contributed by atoms with Crippen LogP contribution in [0.1, 0.15) is 25.0 Å². The fraction of sp³-hybridized carbons (Fsp3) is 0.269. The Kier molecular flexibility index (Phi) is 4.02. The van der Waals surface area contributed by atoms with E-state index in [9.17, 15) is 0 Å². The van der Waals surface area contributed by atoms with E-state index in [1.807, 2.05) is 0 Å². The normalized spacial score (nSPS) is 12.3. The smallest absolute Gasteiger partial charge is 0.228 e. The summed E-state index contributed by atoms with van der Waals surface area (Å²) >= 11 is 0. The van der Waals surface area contributed by atoms with Gasteiger partial charge in [-0.3, -0.25) is 0 Å². The first kappa shape index (κ1) is 18.0. The highest BCUT2D eigenvalue weighted by molar-refractivity contribution is 6.07. The Balaban J connectivity index is 1.92. The third-order valence-electron chi connectivity index (χ3n) is 5.94. The maximum Gasteiger partial charge on any atom is 0.228 e. The van der Waals surface area contributed by atoms with E-state index in [-0.39, 0.29) is 0 Å². The molecule has 0 atom stereocenters. The molecule has 0 N–H and O–H groups in total. The van der Waals surface area contributed by atoms with Crippen LogP contribution in [-0.4, -0.2) is 7.11 Å². The summed E-state index contributed by atoms with van der Waals surface area (Å²) < 4.78 is 14.7. The van der Waals surface area contributed by atoms with Crippen molar-refractivity contribution in [2.45, 2.75) is 27.2 Å². The minimum Gasteiger partial charge on any atom is -0.492 e. The summed E-state index contributed by atoms with van der Waals surface area (Å²) in [5.74, 6) is 3.14. The van der Waals surface area contributed by atoms with Crippen LogP contribution in [0.15, 0.2) is 48.7 Å². The second kappa shape index (κ2) is 6.48. The third-order valence-corrected chi connectivity index (χ3v) is 5.94. The Morgan fingerprint density at radius 2 is 1.83 bits per heavy atom. The molecule has 1 aromatic heterocycles. The quantitative estimate of drug-likeness (QED) is 0.350. The summed E-state index contributed by atoms with van der Waals surface area (Å²) in [5, 5.41) is 4.69. The van der Waals surface area contributed by atoms with Gasteiger partial charge in [-0.15, -0.1) is 0 Å². The van der Waals surface area contributed by atoms with Gasteiger partial charge in [-0.25, -0.2) is 4.57 Å². The van der Waals surface area contributed by atoms with Crippen LogP contribution < -0.4 is 14.0 Å². The van der Waals surface area contributed by atoms with Gasteiger partial charge in [0.05, 0.1) is 18.1 Å². The van der Waals surface area contributed by atoms with Crippen molar-refractivity contribution in [3.05, 3.63) is 59.8 Å². The van der Waals surface area contributed by atoms with Gasteiger partial charge in [0.15, 0.2) is 17.7 Å².